The zero-order chi connectivity index (χ0) is 18.9. The summed E-state index contributed by atoms with van der Waals surface area (Å²) in [5, 5.41) is 3.37. The number of ether oxygens (including phenoxy) is 2. The van der Waals surface area contributed by atoms with Gasteiger partial charge in [0.25, 0.3) is 5.91 Å². The SMILES string of the molecule is Cc1cccc(OCCNCc2ccccc2OCC(=O)N2CCCC2)c1. The Bertz CT molecular complexity index is 742. The van der Waals surface area contributed by atoms with E-state index in [4.69, 9.17) is 9.47 Å². The van der Waals surface area contributed by atoms with Crippen molar-refractivity contribution in [3.8, 4) is 11.5 Å². The summed E-state index contributed by atoms with van der Waals surface area (Å²) < 4.78 is 11.5. The first kappa shape index (κ1) is 19.2. The molecule has 1 fully saturated rings. The molecule has 5 nitrogen and oxygen atoms in total. The van der Waals surface area contributed by atoms with E-state index in [1.54, 1.807) is 0 Å². The highest BCUT2D eigenvalue weighted by molar-refractivity contribution is 5.78. The average molecular weight is 368 g/mol. The van der Waals surface area contributed by atoms with Crippen LogP contribution < -0.4 is 14.8 Å². The van der Waals surface area contributed by atoms with Crippen molar-refractivity contribution in [2.75, 3.05) is 32.8 Å². The Labute approximate surface area is 161 Å². The maximum absolute atomic E-state index is 12.2. The quantitative estimate of drug-likeness (QED) is 0.691. The van der Waals surface area contributed by atoms with Gasteiger partial charge in [0.15, 0.2) is 6.61 Å². The number of nitrogens with one attached hydrogen (secondary N) is 1. The van der Waals surface area contributed by atoms with Crippen LogP contribution in [0.15, 0.2) is 48.5 Å². The van der Waals surface area contributed by atoms with Gasteiger partial charge in [-0.05, 0) is 43.5 Å². The number of hydrogen-bond donors (Lipinski definition) is 1. The predicted octanol–water partition coefficient (Wildman–Crippen LogP) is 3.16. The molecule has 1 aliphatic rings. The Kier molecular flexibility index (Phi) is 7.11. The third-order valence-electron chi connectivity index (χ3n) is 4.64. The van der Waals surface area contributed by atoms with Crippen LogP contribution >= 0.6 is 0 Å². The molecule has 0 bridgehead atoms. The predicted molar refractivity (Wildman–Crippen MR) is 106 cm³/mol. The molecule has 3 rings (SSSR count). The third kappa shape index (κ3) is 6.00. The van der Waals surface area contributed by atoms with E-state index in [0.717, 1.165) is 49.5 Å². The van der Waals surface area contributed by atoms with Gasteiger partial charge in [-0.25, -0.2) is 0 Å². The molecule has 1 N–H and O–H groups in total. The van der Waals surface area contributed by atoms with E-state index in [1.807, 2.05) is 47.4 Å². The third-order valence-corrected chi connectivity index (χ3v) is 4.64. The number of hydrogen-bond acceptors (Lipinski definition) is 4. The molecule has 2 aromatic carbocycles. The van der Waals surface area contributed by atoms with Crippen LogP contribution in [-0.4, -0.2) is 43.7 Å². The van der Waals surface area contributed by atoms with Crippen LogP contribution in [0.25, 0.3) is 0 Å². The Balaban J connectivity index is 1.41. The van der Waals surface area contributed by atoms with Gasteiger partial charge in [0.1, 0.15) is 18.1 Å². The minimum atomic E-state index is 0.0711. The number of aryl methyl sites for hydroxylation is 1. The number of amides is 1. The van der Waals surface area contributed by atoms with E-state index in [1.165, 1.54) is 5.56 Å². The molecule has 1 amide bonds. The fourth-order valence-corrected chi connectivity index (χ4v) is 3.16. The van der Waals surface area contributed by atoms with E-state index in [0.29, 0.717) is 13.2 Å². The van der Waals surface area contributed by atoms with Crippen molar-refractivity contribution in [3.05, 3.63) is 59.7 Å². The second-order valence-electron chi connectivity index (χ2n) is 6.83. The van der Waals surface area contributed by atoms with E-state index in [-0.39, 0.29) is 12.5 Å². The fraction of sp³-hybridized carbons (Fsp3) is 0.409. The summed E-state index contributed by atoms with van der Waals surface area (Å²) in [6.45, 7) is 5.86. The number of likely N-dealkylation sites (tertiary alicyclic amines) is 1. The summed E-state index contributed by atoms with van der Waals surface area (Å²) >= 11 is 0. The van der Waals surface area contributed by atoms with Gasteiger partial charge < -0.3 is 19.7 Å². The van der Waals surface area contributed by atoms with E-state index in [9.17, 15) is 4.79 Å². The Hall–Kier alpha value is -2.53. The normalized spacial score (nSPS) is 13.6. The van der Waals surface area contributed by atoms with Gasteiger partial charge in [0.2, 0.25) is 0 Å². The van der Waals surface area contributed by atoms with Crippen LogP contribution in [0.5, 0.6) is 11.5 Å². The molecule has 1 heterocycles. The summed E-state index contributed by atoms with van der Waals surface area (Å²) in [5.74, 6) is 1.72. The first-order chi connectivity index (χ1) is 13.2. The molecular formula is C22H28N2O3. The fourth-order valence-electron chi connectivity index (χ4n) is 3.16. The van der Waals surface area contributed by atoms with Gasteiger partial charge in [-0.15, -0.1) is 0 Å². The smallest absolute Gasteiger partial charge is 0.260 e. The lowest BCUT2D eigenvalue weighted by atomic mass is 10.2. The average Bonchev–Trinajstić information content (AvgIpc) is 3.22. The van der Waals surface area contributed by atoms with Gasteiger partial charge in [-0.3, -0.25) is 4.79 Å². The van der Waals surface area contributed by atoms with Crippen LogP contribution in [0.2, 0.25) is 0 Å². The molecule has 0 aliphatic carbocycles. The highest BCUT2D eigenvalue weighted by Crippen LogP contribution is 2.18. The summed E-state index contributed by atoms with van der Waals surface area (Å²) in [6, 6.07) is 15.9. The highest BCUT2D eigenvalue weighted by atomic mass is 16.5. The van der Waals surface area contributed by atoms with Crippen molar-refractivity contribution in [1.29, 1.82) is 0 Å². The first-order valence-corrected chi connectivity index (χ1v) is 9.61. The zero-order valence-electron chi connectivity index (χ0n) is 15.9. The Morgan fingerprint density at radius 2 is 1.89 bits per heavy atom. The van der Waals surface area contributed by atoms with E-state index in [2.05, 4.69) is 18.3 Å². The lowest BCUT2D eigenvalue weighted by molar-refractivity contribution is -0.132. The van der Waals surface area contributed by atoms with Crippen molar-refractivity contribution in [3.63, 3.8) is 0 Å². The van der Waals surface area contributed by atoms with E-state index < -0.39 is 0 Å². The minimum Gasteiger partial charge on any atom is -0.492 e. The monoisotopic (exact) mass is 368 g/mol. The van der Waals surface area contributed by atoms with Crippen molar-refractivity contribution in [2.45, 2.75) is 26.3 Å². The second kappa shape index (κ2) is 9.97. The molecule has 0 atom stereocenters. The largest absolute Gasteiger partial charge is 0.492 e. The summed E-state index contributed by atoms with van der Waals surface area (Å²) in [7, 11) is 0. The van der Waals surface area contributed by atoms with Crippen LogP contribution in [0.3, 0.4) is 0 Å². The standard InChI is InChI=1S/C22H28N2O3/c1-18-7-6-9-20(15-18)26-14-11-23-16-19-8-2-3-10-21(19)27-17-22(25)24-12-4-5-13-24/h2-3,6-10,15,23H,4-5,11-14,16-17H2,1H3. The van der Waals surface area contributed by atoms with Gasteiger partial charge in [-0.2, -0.15) is 0 Å². The van der Waals surface area contributed by atoms with Crippen LogP contribution in [0.4, 0.5) is 0 Å². The number of rotatable bonds is 9. The molecule has 0 unspecified atom stereocenters. The lowest BCUT2D eigenvalue weighted by Gasteiger charge is -2.17. The number of carbonyl (C=O) groups excluding carboxylic acids is 1. The molecule has 2 aromatic rings. The van der Waals surface area contributed by atoms with E-state index >= 15 is 0 Å². The molecule has 1 aliphatic heterocycles. The minimum absolute atomic E-state index is 0.0711. The number of para-hydroxylation sites is 1. The number of benzene rings is 2. The second-order valence-corrected chi connectivity index (χ2v) is 6.83. The molecule has 27 heavy (non-hydrogen) atoms. The molecule has 0 saturated carbocycles. The molecule has 0 aromatic heterocycles. The van der Waals surface area contributed by atoms with Crippen molar-refractivity contribution >= 4 is 5.91 Å². The maximum atomic E-state index is 12.2. The van der Waals surface area contributed by atoms with Crippen LogP contribution in [0, 0.1) is 6.92 Å². The van der Waals surface area contributed by atoms with Gasteiger partial charge in [0.05, 0.1) is 0 Å². The van der Waals surface area contributed by atoms with Crippen LogP contribution in [0.1, 0.15) is 24.0 Å². The molecule has 0 radical (unpaired) electrons. The van der Waals surface area contributed by atoms with Crippen molar-refractivity contribution in [2.24, 2.45) is 0 Å². The lowest BCUT2D eigenvalue weighted by Crippen LogP contribution is -2.32. The zero-order valence-corrected chi connectivity index (χ0v) is 15.9. The number of carbonyl (C=O) groups is 1. The maximum Gasteiger partial charge on any atom is 0.260 e. The van der Waals surface area contributed by atoms with Gasteiger partial charge >= 0.3 is 0 Å². The van der Waals surface area contributed by atoms with Crippen LogP contribution in [-0.2, 0) is 11.3 Å². The molecule has 0 spiro atoms. The van der Waals surface area contributed by atoms with Gasteiger partial charge in [0, 0.05) is 31.7 Å². The Morgan fingerprint density at radius 3 is 2.70 bits per heavy atom. The molecule has 5 heteroatoms. The van der Waals surface area contributed by atoms with Gasteiger partial charge in [-0.1, -0.05) is 30.3 Å². The van der Waals surface area contributed by atoms with Crippen molar-refractivity contribution in [1.82, 2.24) is 10.2 Å². The molecule has 144 valence electrons. The highest BCUT2D eigenvalue weighted by Gasteiger charge is 2.18. The molecule has 1 saturated heterocycles. The van der Waals surface area contributed by atoms with Crippen molar-refractivity contribution < 1.29 is 14.3 Å². The summed E-state index contributed by atoms with van der Waals surface area (Å²) in [5.41, 5.74) is 2.23. The Morgan fingerprint density at radius 1 is 1.07 bits per heavy atom. The molecular weight excluding hydrogens is 340 g/mol. The first-order valence-electron chi connectivity index (χ1n) is 9.61. The summed E-state index contributed by atoms with van der Waals surface area (Å²) in [4.78, 5) is 14.0. The number of nitrogens with zero attached hydrogens (tertiary/aromatic N) is 1. The summed E-state index contributed by atoms with van der Waals surface area (Å²) in [6.07, 6.45) is 2.19. The topological polar surface area (TPSA) is 50.8 Å².